The SMILES string of the molecule is ClB(P(c1ccccc1)c1ccccc1)P(c1ccccc1)c1ccccc1. The minimum Gasteiger partial charge on any atom is -0.180 e. The number of hydrogen-bond acceptors (Lipinski definition) is 0. The van der Waals surface area contributed by atoms with E-state index in [0.29, 0.717) is 0 Å². The molecule has 28 heavy (non-hydrogen) atoms. The molecule has 0 aliphatic heterocycles. The van der Waals surface area contributed by atoms with Crippen molar-refractivity contribution in [3.63, 3.8) is 0 Å². The molecule has 0 aliphatic carbocycles. The van der Waals surface area contributed by atoms with Crippen molar-refractivity contribution in [2.45, 2.75) is 0 Å². The van der Waals surface area contributed by atoms with E-state index in [-0.39, 0.29) is 5.57 Å². The van der Waals surface area contributed by atoms with Crippen LogP contribution < -0.4 is 21.2 Å². The molecule has 4 heteroatoms. The standard InChI is InChI=1S/C24H20BClP2/c26-25(27(21-13-5-1-6-14-21)22-15-7-2-8-16-22)28(23-17-9-3-10-18-23)24-19-11-4-12-20-24/h1-20H. The zero-order chi connectivity index (χ0) is 19.2. The molecule has 0 atom stereocenters. The van der Waals surface area contributed by atoms with Crippen LogP contribution in [0.15, 0.2) is 121 Å². The van der Waals surface area contributed by atoms with Gasteiger partial charge in [0, 0.05) is 0 Å². The first kappa shape index (κ1) is 19.4. The Labute approximate surface area is 175 Å². The molecule has 0 fully saturated rings. The lowest BCUT2D eigenvalue weighted by Crippen LogP contribution is -2.27. The Balaban J connectivity index is 1.84. The molecule has 0 saturated carbocycles. The summed E-state index contributed by atoms with van der Waals surface area (Å²) in [4.78, 5) is 0. The first-order chi connectivity index (χ1) is 13.8. The highest BCUT2D eigenvalue weighted by Crippen LogP contribution is 2.54. The van der Waals surface area contributed by atoms with Crippen LogP contribution >= 0.6 is 27.1 Å². The maximum absolute atomic E-state index is 7.41. The van der Waals surface area contributed by atoms with Crippen LogP contribution in [0.2, 0.25) is 0 Å². The predicted molar refractivity (Wildman–Crippen MR) is 130 cm³/mol. The Morgan fingerprint density at radius 1 is 0.393 bits per heavy atom. The van der Waals surface area contributed by atoms with Gasteiger partial charge in [-0.2, -0.15) is 11.5 Å². The largest absolute Gasteiger partial charge is 0.323 e. The van der Waals surface area contributed by atoms with E-state index >= 15 is 0 Å². The topological polar surface area (TPSA) is 0 Å². The smallest absolute Gasteiger partial charge is 0.180 e. The summed E-state index contributed by atoms with van der Waals surface area (Å²) >= 11 is 7.41. The molecule has 0 bridgehead atoms. The summed E-state index contributed by atoms with van der Waals surface area (Å²) in [5, 5.41) is 5.29. The first-order valence-corrected chi connectivity index (χ1v) is 12.5. The van der Waals surface area contributed by atoms with Gasteiger partial charge < -0.3 is 0 Å². The Hall–Kier alpha value is -1.91. The summed E-state index contributed by atoms with van der Waals surface area (Å²) in [6, 6.07) is 43.0. The van der Waals surface area contributed by atoms with Crippen molar-refractivity contribution in [1.29, 1.82) is 0 Å². The second kappa shape index (κ2) is 9.53. The van der Waals surface area contributed by atoms with Gasteiger partial charge in [-0.15, -0.1) is 0 Å². The highest BCUT2D eigenvalue weighted by Gasteiger charge is 2.35. The van der Waals surface area contributed by atoms with E-state index in [1.165, 1.54) is 21.2 Å². The van der Waals surface area contributed by atoms with E-state index in [9.17, 15) is 0 Å². The molecular formula is C24H20BClP2. The van der Waals surface area contributed by atoms with Crippen molar-refractivity contribution in [2.24, 2.45) is 0 Å². The van der Waals surface area contributed by atoms with Gasteiger partial charge in [-0.25, -0.2) is 0 Å². The molecule has 136 valence electrons. The van der Waals surface area contributed by atoms with Crippen molar-refractivity contribution < 1.29 is 0 Å². The third-order valence-corrected chi connectivity index (χ3v) is 11.4. The van der Waals surface area contributed by atoms with Gasteiger partial charge in [-0.05, 0) is 21.2 Å². The number of rotatable bonds is 6. The third-order valence-electron chi connectivity index (χ3n) is 4.56. The number of hydrogen-bond donors (Lipinski definition) is 0. The van der Waals surface area contributed by atoms with E-state index < -0.39 is 15.6 Å². The molecular weight excluding hydrogens is 396 g/mol. The molecule has 4 rings (SSSR count). The summed E-state index contributed by atoms with van der Waals surface area (Å²) in [5.41, 5.74) is -0.000370. The third kappa shape index (κ3) is 4.39. The second-order valence-corrected chi connectivity index (χ2v) is 12.4. The first-order valence-electron chi connectivity index (χ1n) is 9.27. The number of benzene rings is 4. The van der Waals surface area contributed by atoms with Gasteiger partial charge in [0.2, 0.25) is 0 Å². The second-order valence-electron chi connectivity index (χ2n) is 6.39. The highest BCUT2D eigenvalue weighted by molar-refractivity contribution is 8.34. The van der Waals surface area contributed by atoms with Crippen LogP contribution in [0.4, 0.5) is 0 Å². The van der Waals surface area contributed by atoms with Gasteiger partial charge in [-0.3, -0.25) is 0 Å². The van der Waals surface area contributed by atoms with Crippen LogP contribution in [-0.2, 0) is 0 Å². The van der Waals surface area contributed by atoms with Gasteiger partial charge in [0.1, 0.15) is 0 Å². The lowest BCUT2D eigenvalue weighted by Gasteiger charge is -2.29. The molecule has 0 unspecified atom stereocenters. The van der Waals surface area contributed by atoms with E-state index in [2.05, 4.69) is 121 Å². The molecule has 0 saturated heterocycles. The van der Waals surface area contributed by atoms with Crippen LogP contribution in [0.25, 0.3) is 0 Å². The Morgan fingerprint density at radius 2 is 0.607 bits per heavy atom. The van der Waals surface area contributed by atoms with Crippen molar-refractivity contribution >= 4 is 53.8 Å². The Kier molecular flexibility index (Phi) is 6.61. The minimum atomic E-state index is -0.704. The normalized spacial score (nSPS) is 11.0. The molecule has 0 heterocycles. The van der Waals surface area contributed by atoms with Crippen LogP contribution in [-0.4, -0.2) is 5.57 Å². The fraction of sp³-hybridized carbons (Fsp3) is 0. The summed E-state index contributed by atoms with van der Waals surface area (Å²) in [6.07, 6.45) is 0. The molecule has 4 aromatic rings. The molecule has 0 radical (unpaired) electrons. The lowest BCUT2D eigenvalue weighted by atomic mass is 10.4. The summed E-state index contributed by atoms with van der Waals surface area (Å²) in [5.74, 6) is 0. The summed E-state index contributed by atoms with van der Waals surface area (Å²) in [7, 11) is -1.41. The summed E-state index contributed by atoms with van der Waals surface area (Å²) in [6.45, 7) is 0. The maximum atomic E-state index is 7.41. The average Bonchev–Trinajstić information content (AvgIpc) is 2.77. The molecule has 0 spiro atoms. The van der Waals surface area contributed by atoms with Gasteiger partial charge in [0.25, 0.3) is 0 Å². The molecule has 0 aromatic heterocycles. The van der Waals surface area contributed by atoms with Gasteiger partial charge in [0.05, 0.1) is 0 Å². The summed E-state index contributed by atoms with van der Waals surface area (Å²) < 4.78 is 0. The fourth-order valence-corrected chi connectivity index (χ4v) is 10.7. The van der Waals surface area contributed by atoms with Gasteiger partial charge in [-0.1, -0.05) is 137 Å². The Morgan fingerprint density at radius 3 is 0.821 bits per heavy atom. The molecule has 0 nitrogen and oxygen atoms in total. The molecule has 0 aliphatic rings. The molecule has 4 aromatic carbocycles. The van der Waals surface area contributed by atoms with Crippen LogP contribution in [0.1, 0.15) is 0 Å². The van der Waals surface area contributed by atoms with E-state index in [0.717, 1.165) is 0 Å². The van der Waals surface area contributed by atoms with Crippen molar-refractivity contribution in [2.75, 3.05) is 0 Å². The zero-order valence-corrected chi connectivity index (χ0v) is 17.9. The van der Waals surface area contributed by atoms with Crippen molar-refractivity contribution in [3.05, 3.63) is 121 Å². The van der Waals surface area contributed by atoms with Crippen LogP contribution in [0.5, 0.6) is 0 Å². The van der Waals surface area contributed by atoms with Crippen molar-refractivity contribution in [1.82, 2.24) is 0 Å². The lowest BCUT2D eigenvalue weighted by molar-refractivity contribution is 1.76. The molecule has 0 N–H and O–H groups in total. The van der Waals surface area contributed by atoms with E-state index in [1.807, 2.05) is 0 Å². The Bertz CT molecular complexity index is 820. The van der Waals surface area contributed by atoms with Crippen LogP contribution in [0.3, 0.4) is 0 Å². The van der Waals surface area contributed by atoms with Gasteiger partial charge >= 0.3 is 5.57 Å². The van der Waals surface area contributed by atoms with Crippen molar-refractivity contribution in [3.8, 4) is 0 Å². The monoisotopic (exact) mass is 416 g/mol. The average molecular weight is 417 g/mol. The quantitative estimate of drug-likeness (QED) is 0.289. The maximum Gasteiger partial charge on any atom is 0.323 e. The van der Waals surface area contributed by atoms with E-state index in [1.54, 1.807) is 0 Å². The van der Waals surface area contributed by atoms with Gasteiger partial charge in [0.15, 0.2) is 0 Å². The highest BCUT2D eigenvalue weighted by atomic mass is 35.5. The minimum absolute atomic E-state index is 0.000370. The number of halogens is 1. The van der Waals surface area contributed by atoms with Crippen LogP contribution in [0, 0.1) is 0 Å². The zero-order valence-electron chi connectivity index (χ0n) is 15.4. The predicted octanol–water partition coefficient (Wildman–Crippen LogP) is 5.48. The van der Waals surface area contributed by atoms with E-state index in [4.69, 9.17) is 11.5 Å². The molecule has 0 amide bonds. The fourth-order valence-electron chi connectivity index (χ4n) is 3.26.